The van der Waals surface area contributed by atoms with Crippen LogP contribution in [-0.4, -0.2) is 27.8 Å². The van der Waals surface area contributed by atoms with Crippen LogP contribution in [0.2, 0.25) is 0 Å². The quantitative estimate of drug-likeness (QED) is 0.319. The van der Waals surface area contributed by atoms with Gasteiger partial charge in [-0.2, -0.15) is 0 Å². The fourth-order valence-electron chi connectivity index (χ4n) is 9.65. The van der Waals surface area contributed by atoms with Crippen LogP contribution in [0.1, 0.15) is 120 Å². The average molecular weight is 479 g/mol. The molecule has 5 rings (SSSR count). The van der Waals surface area contributed by atoms with Crippen LogP contribution in [0.15, 0.2) is 0 Å². The van der Waals surface area contributed by atoms with Crippen molar-refractivity contribution in [3.05, 3.63) is 0 Å². The van der Waals surface area contributed by atoms with Gasteiger partial charge in [0.15, 0.2) is 0 Å². The Balaban J connectivity index is 1.38. The van der Waals surface area contributed by atoms with Crippen LogP contribution < -0.4 is 0 Å². The van der Waals surface area contributed by atoms with Gasteiger partial charge in [-0.25, -0.2) is 0 Å². The molecule has 0 spiro atoms. The van der Waals surface area contributed by atoms with E-state index in [2.05, 4.69) is 62.3 Å². The molecule has 0 N–H and O–H groups in total. The molecule has 4 unspecified atom stereocenters. The van der Waals surface area contributed by atoms with Gasteiger partial charge in [0.1, 0.15) is 0 Å². The lowest BCUT2D eigenvalue weighted by atomic mass is 9.48. The Morgan fingerprint density at radius 3 is 1.75 bits per heavy atom. The Morgan fingerprint density at radius 1 is 0.781 bits per heavy atom. The van der Waals surface area contributed by atoms with E-state index in [9.17, 15) is 0 Å². The van der Waals surface area contributed by atoms with E-state index in [1.54, 1.807) is 44.9 Å². The third-order valence-corrected chi connectivity index (χ3v) is 16.0. The first kappa shape index (κ1) is 25.9. The topological polar surface area (TPSA) is 0 Å². The van der Waals surface area contributed by atoms with Crippen LogP contribution in [0.25, 0.3) is 0 Å². The molecule has 0 saturated heterocycles. The number of hydrogen-bond donors (Lipinski definition) is 0. The molecule has 186 valence electrons. The van der Waals surface area contributed by atoms with E-state index in [4.69, 9.17) is 0 Å². The van der Waals surface area contributed by atoms with E-state index in [1.807, 2.05) is 0 Å². The molecular weight excluding hydrogens is 422 g/mol. The standard InChI is InChI=1S/C30H56P2/c1-21-10-11-25(19-32(27(2,3)4)28(5,6)7)26(21)18-31-29(8,9)20-30-15-22-12-23(16-30)14-24(13-22)17-30/h21-26,31H,10-20H2,1-9H3. The summed E-state index contributed by atoms with van der Waals surface area (Å²) in [4.78, 5) is 0. The minimum Gasteiger partial charge on any atom is -0.116 e. The molecule has 0 aromatic heterocycles. The Morgan fingerprint density at radius 2 is 1.28 bits per heavy atom. The highest BCUT2D eigenvalue weighted by molar-refractivity contribution is 7.60. The summed E-state index contributed by atoms with van der Waals surface area (Å²) in [5, 5.41) is 1.52. The molecule has 0 radical (unpaired) electrons. The van der Waals surface area contributed by atoms with E-state index in [0.717, 1.165) is 40.9 Å². The third-order valence-electron chi connectivity index (χ3n) is 10.2. The van der Waals surface area contributed by atoms with Crippen LogP contribution in [0, 0.1) is 40.9 Å². The van der Waals surface area contributed by atoms with Crippen LogP contribution in [0.5, 0.6) is 0 Å². The molecule has 4 bridgehead atoms. The molecule has 0 aromatic carbocycles. The Hall–Kier alpha value is 0.860. The van der Waals surface area contributed by atoms with Crippen molar-refractivity contribution in [2.75, 3.05) is 12.3 Å². The van der Waals surface area contributed by atoms with Gasteiger partial charge in [0.25, 0.3) is 0 Å². The molecule has 32 heavy (non-hydrogen) atoms. The molecule has 5 aliphatic carbocycles. The lowest BCUT2D eigenvalue weighted by Crippen LogP contribution is -2.48. The lowest BCUT2D eigenvalue weighted by Gasteiger charge is -2.58. The van der Waals surface area contributed by atoms with Gasteiger partial charge >= 0.3 is 0 Å². The summed E-state index contributed by atoms with van der Waals surface area (Å²) in [7, 11) is 1.22. The van der Waals surface area contributed by atoms with E-state index >= 15 is 0 Å². The van der Waals surface area contributed by atoms with Crippen molar-refractivity contribution in [2.24, 2.45) is 40.9 Å². The third kappa shape index (κ3) is 5.80. The molecular formula is C30H56P2. The maximum absolute atomic E-state index is 2.66. The second-order valence-electron chi connectivity index (χ2n) is 15.8. The van der Waals surface area contributed by atoms with Gasteiger partial charge in [-0.1, -0.05) is 76.7 Å². The van der Waals surface area contributed by atoms with Gasteiger partial charge in [-0.15, -0.1) is 8.58 Å². The van der Waals surface area contributed by atoms with Crippen LogP contribution in [0.3, 0.4) is 0 Å². The molecule has 0 nitrogen and oxygen atoms in total. The normalized spacial score (nSPS) is 40.3. The van der Waals surface area contributed by atoms with E-state index in [1.165, 1.54) is 33.7 Å². The number of rotatable bonds is 7. The highest BCUT2D eigenvalue weighted by Gasteiger charge is 2.52. The highest BCUT2D eigenvalue weighted by Crippen LogP contribution is 2.65. The second-order valence-corrected chi connectivity index (χ2v) is 21.8. The van der Waals surface area contributed by atoms with E-state index in [-0.39, 0.29) is 7.92 Å². The molecule has 2 heteroatoms. The average Bonchev–Trinajstić information content (AvgIpc) is 2.93. The van der Waals surface area contributed by atoms with Gasteiger partial charge < -0.3 is 0 Å². The van der Waals surface area contributed by atoms with Gasteiger partial charge in [0.05, 0.1) is 0 Å². The fraction of sp³-hybridized carbons (Fsp3) is 1.00. The monoisotopic (exact) mass is 478 g/mol. The van der Waals surface area contributed by atoms with Crippen molar-refractivity contribution in [3.8, 4) is 0 Å². The Labute approximate surface area is 205 Å². The maximum atomic E-state index is 2.66. The first-order chi connectivity index (χ1) is 14.7. The second kappa shape index (κ2) is 9.06. The molecule has 0 aliphatic heterocycles. The molecule has 4 atom stereocenters. The largest absolute Gasteiger partial charge is 0.116 e. The predicted molar refractivity (Wildman–Crippen MR) is 149 cm³/mol. The van der Waals surface area contributed by atoms with Crippen LogP contribution in [-0.2, 0) is 0 Å². The summed E-state index contributed by atoms with van der Waals surface area (Å²) < 4.78 is 0. The molecule has 0 heterocycles. The van der Waals surface area contributed by atoms with Gasteiger partial charge in [-0.05, 0) is 120 Å². The summed E-state index contributed by atoms with van der Waals surface area (Å²) in [6.07, 6.45) is 17.2. The summed E-state index contributed by atoms with van der Waals surface area (Å²) in [5.41, 5.74) is 0.749. The predicted octanol–water partition coefficient (Wildman–Crippen LogP) is 9.79. The zero-order valence-corrected chi connectivity index (χ0v) is 25.1. The summed E-state index contributed by atoms with van der Waals surface area (Å²) >= 11 is 0. The van der Waals surface area contributed by atoms with E-state index < -0.39 is 0 Å². The van der Waals surface area contributed by atoms with Crippen molar-refractivity contribution < 1.29 is 0 Å². The molecule has 5 aliphatic rings. The SMILES string of the molecule is CC1CCC(CP(C(C)(C)C)C(C)(C)C)C1CPC(C)(C)CC12CC3CC(CC(C3)C1)C2. The van der Waals surface area contributed by atoms with Gasteiger partial charge in [0, 0.05) is 0 Å². The van der Waals surface area contributed by atoms with Crippen molar-refractivity contribution in [3.63, 3.8) is 0 Å². The maximum Gasteiger partial charge on any atom is -0.0173 e. The van der Waals surface area contributed by atoms with Gasteiger partial charge in [-0.3, -0.25) is 0 Å². The van der Waals surface area contributed by atoms with Crippen molar-refractivity contribution in [2.45, 2.75) is 136 Å². The van der Waals surface area contributed by atoms with Crippen molar-refractivity contribution in [1.29, 1.82) is 0 Å². The summed E-state index contributed by atoms with van der Waals surface area (Å²) in [6, 6.07) is 0. The molecule has 0 aromatic rings. The fourth-order valence-corrected chi connectivity index (χ4v) is 15.7. The minimum atomic E-state index is 0.0424. The summed E-state index contributed by atoms with van der Waals surface area (Å²) in [6.45, 7) is 23.0. The Bertz CT molecular complexity index is 599. The Kier molecular flexibility index (Phi) is 7.35. The van der Waals surface area contributed by atoms with Crippen LogP contribution in [0.4, 0.5) is 0 Å². The zero-order valence-electron chi connectivity index (χ0n) is 23.2. The highest BCUT2D eigenvalue weighted by atomic mass is 31.1. The lowest BCUT2D eigenvalue weighted by molar-refractivity contribution is -0.0610. The van der Waals surface area contributed by atoms with Crippen molar-refractivity contribution >= 4 is 16.5 Å². The van der Waals surface area contributed by atoms with E-state index in [0.29, 0.717) is 15.5 Å². The molecule has 5 saturated carbocycles. The minimum absolute atomic E-state index is 0.0424. The summed E-state index contributed by atoms with van der Waals surface area (Å²) in [5.74, 6) is 6.27. The number of hydrogen-bond acceptors (Lipinski definition) is 0. The first-order valence-corrected chi connectivity index (χ1v) is 16.9. The smallest absolute Gasteiger partial charge is 0.0173 e. The van der Waals surface area contributed by atoms with Gasteiger partial charge in [0.2, 0.25) is 0 Å². The first-order valence-electron chi connectivity index (χ1n) is 14.2. The van der Waals surface area contributed by atoms with Crippen molar-refractivity contribution in [1.82, 2.24) is 0 Å². The zero-order chi connectivity index (χ0) is 23.5. The van der Waals surface area contributed by atoms with Crippen LogP contribution >= 0.6 is 16.5 Å². The molecule has 0 amide bonds. The molecule has 5 fully saturated rings.